The van der Waals surface area contributed by atoms with Crippen LogP contribution in [0.4, 0.5) is 0 Å². The molecule has 30 heavy (non-hydrogen) atoms. The minimum absolute atomic E-state index is 0.444. The minimum atomic E-state index is 0.444. The van der Waals surface area contributed by atoms with Crippen LogP contribution in [0.1, 0.15) is 11.3 Å². The Balaban J connectivity index is 1.34. The summed E-state index contributed by atoms with van der Waals surface area (Å²) in [6.45, 7) is 2.52. The molecule has 5 aromatic rings. The molecule has 4 heterocycles. The van der Waals surface area contributed by atoms with E-state index in [-0.39, 0.29) is 0 Å². The molecule has 0 amide bonds. The molecule has 6 heteroatoms. The highest BCUT2D eigenvalue weighted by Gasteiger charge is 2.12. The number of rotatable bonds is 5. The molecule has 0 radical (unpaired) electrons. The lowest BCUT2D eigenvalue weighted by Crippen LogP contribution is -1.98. The van der Waals surface area contributed by atoms with Crippen LogP contribution in [0.25, 0.3) is 28.0 Å². The Morgan fingerprint density at radius 1 is 0.900 bits per heavy atom. The van der Waals surface area contributed by atoms with Crippen LogP contribution in [0.2, 0.25) is 0 Å². The molecule has 6 nitrogen and oxygen atoms in total. The van der Waals surface area contributed by atoms with Crippen LogP contribution in [0.5, 0.6) is 5.88 Å². The number of hydrogen-bond acceptors (Lipinski definition) is 4. The summed E-state index contributed by atoms with van der Waals surface area (Å²) >= 11 is 0. The molecular weight excluding hydrogens is 374 g/mol. The van der Waals surface area contributed by atoms with E-state index in [1.54, 1.807) is 17.1 Å². The Morgan fingerprint density at radius 2 is 1.70 bits per heavy atom. The van der Waals surface area contributed by atoms with E-state index in [1.807, 2.05) is 37.5 Å². The Labute approximate surface area is 174 Å². The van der Waals surface area contributed by atoms with Gasteiger partial charge in [-0.05, 0) is 42.3 Å². The van der Waals surface area contributed by atoms with Crippen molar-refractivity contribution in [2.75, 3.05) is 0 Å². The van der Waals surface area contributed by atoms with E-state index in [1.165, 1.54) is 0 Å². The fourth-order valence-electron chi connectivity index (χ4n) is 3.52. The van der Waals surface area contributed by atoms with Crippen molar-refractivity contribution < 1.29 is 4.74 Å². The lowest BCUT2D eigenvalue weighted by molar-refractivity contribution is 0.292. The molecule has 0 spiro atoms. The van der Waals surface area contributed by atoms with Gasteiger partial charge in [-0.3, -0.25) is 9.67 Å². The Morgan fingerprint density at radius 3 is 2.47 bits per heavy atom. The number of aryl methyl sites for hydroxylation is 2. The smallest absolute Gasteiger partial charge is 0.241 e. The first kappa shape index (κ1) is 18.1. The lowest BCUT2D eigenvalue weighted by atomic mass is 10.1. The van der Waals surface area contributed by atoms with E-state index in [0.29, 0.717) is 12.5 Å². The van der Waals surface area contributed by atoms with Gasteiger partial charge in [-0.15, -0.1) is 5.10 Å². The van der Waals surface area contributed by atoms with Gasteiger partial charge in [0.25, 0.3) is 0 Å². The highest BCUT2D eigenvalue weighted by atomic mass is 16.5. The van der Waals surface area contributed by atoms with Crippen molar-refractivity contribution in [2.24, 2.45) is 7.05 Å². The van der Waals surface area contributed by atoms with Gasteiger partial charge in [0.05, 0.1) is 11.3 Å². The first-order valence-electron chi connectivity index (χ1n) is 9.78. The van der Waals surface area contributed by atoms with Crippen molar-refractivity contribution in [3.05, 3.63) is 90.6 Å². The van der Waals surface area contributed by atoms with E-state index in [4.69, 9.17) is 9.72 Å². The van der Waals surface area contributed by atoms with Gasteiger partial charge in [-0.25, -0.2) is 4.98 Å². The topological polar surface area (TPSA) is 57.2 Å². The molecule has 0 fully saturated rings. The van der Waals surface area contributed by atoms with Gasteiger partial charge in [0.1, 0.15) is 12.3 Å². The molecule has 0 atom stereocenters. The summed E-state index contributed by atoms with van der Waals surface area (Å²) in [6, 6.07) is 18.3. The molecule has 5 rings (SSSR count). The third kappa shape index (κ3) is 3.43. The molecule has 0 unspecified atom stereocenters. The van der Waals surface area contributed by atoms with E-state index in [2.05, 4.69) is 57.9 Å². The molecule has 0 N–H and O–H groups in total. The van der Waals surface area contributed by atoms with Crippen LogP contribution in [0.3, 0.4) is 0 Å². The van der Waals surface area contributed by atoms with Gasteiger partial charge in [-0.1, -0.05) is 30.3 Å². The molecule has 1 aromatic carbocycles. The van der Waals surface area contributed by atoms with Crippen LogP contribution < -0.4 is 4.74 Å². The van der Waals surface area contributed by atoms with Crippen LogP contribution >= 0.6 is 0 Å². The number of nitrogens with zero attached hydrogens (tertiary/aromatic N) is 5. The van der Waals surface area contributed by atoms with Crippen molar-refractivity contribution >= 4 is 5.65 Å². The summed E-state index contributed by atoms with van der Waals surface area (Å²) in [7, 11) is 1.89. The maximum atomic E-state index is 6.04. The first-order valence-corrected chi connectivity index (χ1v) is 9.78. The molecule has 0 bridgehead atoms. The molecular formula is C24H21N5O. The van der Waals surface area contributed by atoms with Crippen molar-refractivity contribution in [2.45, 2.75) is 13.5 Å². The summed E-state index contributed by atoms with van der Waals surface area (Å²) in [4.78, 5) is 8.81. The van der Waals surface area contributed by atoms with Crippen molar-refractivity contribution in [3.63, 3.8) is 0 Å². The molecule has 148 valence electrons. The summed E-state index contributed by atoms with van der Waals surface area (Å²) in [5.41, 5.74) is 7.22. The second-order valence-electron chi connectivity index (χ2n) is 7.26. The summed E-state index contributed by atoms with van der Waals surface area (Å²) < 4.78 is 9.90. The third-order valence-corrected chi connectivity index (χ3v) is 5.11. The third-order valence-electron chi connectivity index (χ3n) is 5.11. The molecule has 4 aromatic heterocycles. The Hall–Kier alpha value is -3.93. The number of pyridine rings is 2. The molecule has 0 saturated heterocycles. The zero-order chi connectivity index (χ0) is 20.5. The van der Waals surface area contributed by atoms with Gasteiger partial charge < -0.3 is 9.14 Å². The molecule has 0 aliphatic heterocycles. The fraction of sp³-hybridized carbons (Fsp3) is 0.125. The van der Waals surface area contributed by atoms with Crippen molar-refractivity contribution in [3.8, 4) is 28.3 Å². The summed E-state index contributed by atoms with van der Waals surface area (Å²) in [5, 5.41) is 4.46. The van der Waals surface area contributed by atoms with Crippen LogP contribution in [-0.4, -0.2) is 24.1 Å². The van der Waals surface area contributed by atoms with E-state index < -0.39 is 0 Å². The predicted molar refractivity (Wildman–Crippen MR) is 116 cm³/mol. The zero-order valence-electron chi connectivity index (χ0n) is 16.9. The zero-order valence-corrected chi connectivity index (χ0v) is 16.9. The first-order chi connectivity index (χ1) is 14.7. The second kappa shape index (κ2) is 7.48. The second-order valence-corrected chi connectivity index (χ2v) is 7.26. The number of fused-ring (bicyclic) bond motifs is 1. The standard InChI is InChI=1S/C24H21N5O/c1-17-4-3-5-23-26-22(15-29(17)23)20-8-6-18(7-9-20)16-30-24-21(14-28(2)27-24)19-10-12-25-13-11-19/h3-15H,16H2,1-2H3. The monoisotopic (exact) mass is 395 g/mol. The Kier molecular flexibility index (Phi) is 4.52. The average Bonchev–Trinajstić information content (AvgIpc) is 3.38. The lowest BCUT2D eigenvalue weighted by Gasteiger charge is -2.06. The predicted octanol–water partition coefficient (Wildman–Crippen LogP) is 4.68. The highest BCUT2D eigenvalue weighted by Crippen LogP contribution is 2.29. The number of hydrogen-bond donors (Lipinski definition) is 0. The maximum absolute atomic E-state index is 6.04. The largest absolute Gasteiger partial charge is 0.471 e. The van der Waals surface area contributed by atoms with E-state index in [0.717, 1.165) is 39.3 Å². The summed E-state index contributed by atoms with van der Waals surface area (Å²) in [5.74, 6) is 0.614. The number of aromatic nitrogens is 5. The number of ether oxygens (including phenoxy) is 1. The van der Waals surface area contributed by atoms with Gasteiger partial charge in [0.15, 0.2) is 0 Å². The average molecular weight is 395 g/mol. The normalized spacial score (nSPS) is 11.1. The van der Waals surface area contributed by atoms with Gasteiger partial charge in [0.2, 0.25) is 5.88 Å². The van der Waals surface area contributed by atoms with Crippen LogP contribution in [-0.2, 0) is 13.7 Å². The van der Waals surface area contributed by atoms with Crippen molar-refractivity contribution in [1.29, 1.82) is 0 Å². The van der Waals surface area contributed by atoms with Gasteiger partial charge >= 0.3 is 0 Å². The van der Waals surface area contributed by atoms with Crippen LogP contribution in [0, 0.1) is 6.92 Å². The SMILES string of the molecule is Cc1cccc2nc(-c3ccc(COc4nn(C)cc4-c4ccncc4)cc3)cn12. The number of benzene rings is 1. The van der Waals surface area contributed by atoms with Gasteiger partial charge in [-0.2, -0.15) is 0 Å². The minimum Gasteiger partial charge on any atom is -0.471 e. The quantitative estimate of drug-likeness (QED) is 0.433. The molecule has 0 saturated carbocycles. The van der Waals surface area contributed by atoms with Gasteiger partial charge in [0, 0.05) is 43.1 Å². The maximum Gasteiger partial charge on any atom is 0.241 e. The van der Waals surface area contributed by atoms with E-state index in [9.17, 15) is 0 Å². The Bertz CT molecular complexity index is 1300. The summed E-state index contributed by atoms with van der Waals surface area (Å²) in [6.07, 6.45) is 7.57. The fourth-order valence-corrected chi connectivity index (χ4v) is 3.52. The van der Waals surface area contributed by atoms with Crippen molar-refractivity contribution in [1.82, 2.24) is 24.1 Å². The highest BCUT2D eigenvalue weighted by molar-refractivity contribution is 5.67. The molecule has 0 aliphatic rings. The number of imidazole rings is 1. The van der Waals surface area contributed by atoms with Crippen LogP contribution in [0.15, 0.2) is 79.4 Å². The van der Waals surface area contributed by atoms with E-state index >= 15 is 0 Å². The molecule has 0 aliphatic carbocycles.